The summed E-state index contributed by atoms with van der Waals surface area (Å²) in [5, 5.41) is 0. The largest absolute Gasteiger partial charge is 0.347 e. The average Bonchev–Trinajstić information content (AvgIpc) is 2.78. The first-order valence-corrected chi connectivity index (χ1v) is 5.53. The molecule has 0 unspecified atom stereocenters. The number of rotatable bonds is 3. The lowest BCUT2D eigenvalue weighted by Crippen LogP contribution is -2.36. The number of hydrogen-bond acceptors (Lipinski definition) is 3. The molecule has 1 aromatic heterocycles. The molecule has 1 atom stereocenters. The van der Waals surface area contributed by atoms with Gasteiger partial charge in [0.15, 0.2) is 5.78 Å². The molecule has 2 rings (SSSR count). The maximum atomic E-state index is 11.7. The second kappa shape index (κ2) is 4.43. The quantitative estimate of drug-likeness (QED) is 0.755. The molecule has 0 N–H and O–H groups in total. The van der Waals surface area contributed by atoms with E-state index in [0.717, 1.165) is 25.2 Å². The number of aromatic nitrogens is 1. The molecule has 1 fully saturated rings. The Kier molecular flexibility index (Phi) is 2.99. The molecule has 1 aliphatic heterocycles. The van der Waals surface area contributed by atoms with Crippen molar-refractivity contribution >= 4 is 11.6 Å². The van der Waals surface area contributed by atoms with Crippen LogP contribution in [0.3, 0.4) is 0 Å². The van der Waals surface area contributed by atoms with Crippen LogP contribution < -0.4 is 4.90 Å². The van der Waals surface area contributed by atoms with Crippen molar-refractivity contribution < 1.29 is 4.79 Å². The second-order valence-electron chi connectivity index (χ2n) is 3.86. The van der Waals surface area contributed by atoms with Gasteiger partial charge in [-0.1, -0.05) is 13.0 Å². The monoisotopic (exact) mass is 204 g/mol. The highest BCUT2D eigenvalue weighted by atomic mass is 16.1. The van der Waals surface area contributed by atoms with Crippen molar-refractivity contribution in [2.24, 2.45) is 0 Å². The lowest BCUT2D eigenvalue weighted by Gasteiger charge is -2.24. The van der Waals surface area contributed by atoms with E-state index >= 15 is 0 Å². The second-order valence-corrected chi connectivity index (χ2v) is 3.86. The van der Waals surface area contributed by atoms with Gasteiger partial charge in [-0.15, -0.1) is 0 Å². The molecule has 80 valence electrons. The van der Waals surface area contributed by atoms with Gasteiger partial charge in [0.05, 0.1) is 6.04 Å². The van der Waals surface area contributed by atoms with Crippen LogP contribution in [0.25, 0.3) is 0 Å². The minimum absolute atomic E-state index is 0.0601. The summed E-state index contributed by atoms with van der Waals surface area (Å²) in [4.78, 5) is 18.2. The van der Waals surface area contributed by atoms with Crippen molar-refractivity contribution in [3.8, 4) is 0 Å². The Hall–Kier alpha value is -1.38. The molecule has 3 heteroatoms. The van der Waals surface area contributed by atoms with Gasteiger partial charge in [0.2, 0.25) is 0 Å². The van der Waals surface area contributed by atoms with Gasteiger partial charge in [-0.05, 0) is 25.0 Å². The first kappa shape index (κ1) is 10.1. The van der Waals surface area contributed by atoms with Gasteiger partial charge in [0, 0.05) is 19.2 Å². The number of Topliss-reactive ketones (excluding diaryl/α,β-unsaturated/α-hetero) is 1. The Morgan fingerprint density at radius 2 is 2.47 bits per heavy atom. The fraction of sp³-hybridized carbons (Fsp3) is 0.500. The molecule has 2 heterocycles. The Balaban J connectivity index is 2.18. The average molecular weight is 204 g/mol. The Morgan fingerprint density at radius 3 is 3.13 bits per heavy atom. The number of carbonyl (C=O) groups is 1. The summed E-state index contributed by atoms with van der Waals surface area (Å²) in [6.45, 7) is 2.88. The molecule has 0 radical (unpaired) electrons. The third-order valence-electron chi connectivity index (χ3n) is 2.92. The number of carbonyl (C=O) groups excluding carboxylic acids is 1. The van der Waals surface area contributed by atoms with Crippen LogP contribution in [0.4, 0.5) is 5.82 Å². The van der Waals surface area contributed by atoms with Crippen molar-refractivity contribution in [2.45, 2.75) is 32.2 Å². The van der Waals surface area contributed by atoms with Gasteiger partial charge in [0.25, 0.3) is 0 Å². The van der Waals surface area contributed by atoms with Crippen molar-refractivity contribution in [1.29, 1.82) is 0 Å². The van der Waals surface area contributed by atoms with Crippen molar-refractivity contribution in [3.63, 3.8) is 0 Å². The van der Waals surface area contributed by atoms with E-state index < -0.39 is 0 Å². The SMILES string of the molecule is CCC(=O)[C@@H]1CCCN1c1ccccn1. The molecule has 3 nitrogen and oxygen atoms in total. The van der Waals surface area contributed by atoms with Crippen molar-refractivity contribution in [2.75, 3.05) is 11.4 Å². The molecule has 0 spiro atoms. The van der Waals surface area contributed by atoms with Crippen LogP contribution in [-0.2, 0) is 4.79 Å². The Morgan fingerprint density at radius 1 is 1.60 bits per heavy atom. The standard InChI is InChI=1S/C12H16N2O/c1-2-11(15)10-6-5-9-14(10)12-7-3-4-8-13-12/h3-4,7-8,10H,2,5-6,9H2,1H3/t10-/m0/s1. The van der Waals surface area contributed by atoms with E-state index in [-0.39, 0.29) is 6.04 Å². The third kappa shape index (κ3) is 2.01. The molecule has 1 saturated heterocycles. The molecular weight excluding hydrogens is 188 g/mol. The van der Waals surface area contributed by atoms with E-state index in [0.29, 0.717) is 12.2 Å². The van der Waals surface area contributed by atoms with E-state index in [1.807, 2.05) is 25.1 Å². The third-order valence-corrected chi connectivity index (χ3v) is 2.92. The maximum Gasteiger partial charge on any atom is 0.155 e. The maximum absolute atomic E-state index is 11.7. The van der Waals surface area contributed by atoms with Crippen LogP contribution in [0, 0.1) is 0 Å². The number of anilines is 1. The van der Waals surface area contributed by atoms with Crippen LogP contribution in [0.1, 0.15) is 26.2 Å². The zero-order valence-electron chi connectivity index (χ0n) is 9.02. The lowest BCUT2D eigenvalue weighted by molar-refractivity contribution is -0.119. The van der Waals surface area contributed by atoms with E-state index in [9.17, 15) is 4.79 Å². The fourth-order valence-electron chi connectivity index (χ4n) is 2.13. The topological polar surface area (TPSA) is 33.2 Å². The summed E-state index contributed by atoms with van der Waals surface area (Å²) < 4.78 is 0. The van der Waals surface area contributed by atoms with Gasteiger partial charge >= 0.3 is 0 Å². The van der Waals surface area contributed by atoms with E-state index in [2.05, 4.69) is 9.88 Å². The zero-order chi connectivity index (χ0) is 10.7. The van der Waals surface area contributed by atoms with Crippen molar-refractivity contribution in [3.05, 3.63) is 24.4 Å². The molecule has 0 amide bonds. The highest BCUT2D eigenvalue weighted by Crippen LogP contribution is 2.24. The molecule has 0 bridgehead atoms. The highest BCUT2D eigenvalue weighted by molar-refractivity contribution is 5.87. The van der Waals surface area contributed by atoms with Crippen LogP contribution in [0.2, 0.25) is 0 Å². The van der Waals surface area contributed by atoms with Crippen LogP contribution in [-0.4, -0.2) is 23.4 Å². The summed E-state index contributed by atoms with van der Waals surface area (Å²) in [7, 11) is 0. The predicted octanol–water partition coefficient (Wildman–Crippen LogP) is 2.03. The van der Waals surface area contributed by atoms with Crippen LogP contribution in [0.5, 0.6) is 0 Å². The van der Waals surface area contributed by atoms with Crippen LogP contribution in [0.15, 0.2) is 24.4 Å². The Labute approximate surface area is 90.1 Å². The first-order valence-electron chi connectivity index (χ1n) is 5.53. The van der Waals surface area contributed by atoms with Crippen LogP contribution >= 0.6 is 0 Å². The molecule has 1 aromatic rings. The number of pyridine rings is 1. The first-order chi connectivity index (χ1) is 7.33. The summed E-state index contributed by atoms with van der Waals surface area (Å²) in [6, 6.07) is 5.90. The fourth-order valence-corrected chi connectivity index (χ4v) is 2.13. The van der Waals surface area contributed by atoms with Gasteiger partial charge < -0.3 is 4.90 Å². The van der Waals surface area contributed by atoms with Gasteiger partial charge in [-0.2, -0.15) is 0 Å². The highest BCUT2D eigenvalue weighted by Gasteiger charge is 2.29. The molecule has 1 aliphatic rings. The summed E-state index contributed by atoms with van der Waals surface area (Å²) in [6.07, 6.45) is 4.46. The summed E-state index contributed by atoms with van der Waals surface area (Å²) in [5.74, 6) is 1.26. The number of nitrogens with zero attached hydrogens (tertiary/aromatic N) is 2. The predicted molar refractivity (Wildman–Crippen MR) is 59.9 cm³/mol. The van der Waals surface area contributed by atoms with E-state index in [1.54, 1.807) is 6.20 Å². The number of ketones is 1. The van der Waals surface area contributed by atoms with Crippen molar-refractivity contribution in [1.82, 2.24) is 4.98 Å². The molecule has 0 saturated carbocycles. The molecular formula is C12H16N2O. The molecule has 15 heavy (non-hydrogen) atoms. The molecule has 0 aromatic carbocycles. The normalized spacial score (nSPS) is 20.6. The zero-order valence-corrected chi connectivity index (χ0v) is 9.02. The van der Waals surface area contributed by atoms with Gasteiger partial charge in [-0.25, -0.2) is 4.98 Å². The summed E-state index contributed by atoms with van der Waals surface area (Å²) in [5.41, 5.74) is 0. The van der Waals surface area contributed by atoms with Gasteiger partial charge in [0.1, 0.15) is 5.82 Å². The minimum atomic E-state index is 0.0601. The Bertz CT molecular complexity index is 337. The smallest absolute Gasteiger partial charge is 0.155 e. The minimum Gasteiger partial charge on any atom is -0.347 e. The van der Waals surface area contributed by atoms with E-state index in [1.165, 1.54) is 0 Å². The van der Waals surface area contributed by atoms with E-state index in [4.69, 9.17) is 0 Å². The summed E-state index contributed by atoms with van der Waals surface area (Å²) >= 11 is 0. The number of hydrogen-bond donors (Lipinski definition) is 0. The molecule has 0 aliphatic carbocycles. The van der Waals surface area contributed by atoms with Gasteiger partial charge in [-0.3, -0.25) is 4.79 Å². The lowest BCUT2D eigenvalue weighted by atomic mass is 10.1.